The second kappa shape index (κ2) is 12.9. The van der Waals surface area contributed by atoms with Gasteiger partial charge in [-0.3, -0.25) is 4.79 Å². The fourth-order valence-corrected chi connectivity index (χ4v) is 11.0. The van der Waals surface area contributed by atoms with E-state index in [2.05, 4.69) is 74.2 Å². The van der Waals surface area contributed by atoms with E-state index in [0.29, 0.717) is 36.3 Å². The summed E-state index contributed by atoms with van der Waals surface area (Å²) in [6.07, 6.45) is 18.0. The number of amides is 1. The topological polar surface area (TPSA) is 83.4 Å². The summed E-state index contributed by atoms with van der Waals surface area (Å²) in [5.41, 5.74) is 2.74. The molecule has 3 saturated carbocycles. The minimum Gasteiger partial charge on any atom is -0.497 e. The van der Waals surface area contributed by atoms with Crippen molar-refractivity contribution in [3.8, 4) is 18.1 Å². The second-order valence-corrected chi connectivity index (χ2v) is 16.2. The number of carbonyl (C=O) groups excluding carboxylic acids is 1. The molecule has 256 valence electrons. The van der Waals surface area contributed by atoms with Gasteiger partial charge in [0.2, 0.25) is 0 Å². The molecule has 1 heterocycles. The van der Waals surface area contributed by atoms with Crippen LogP contribution >= 0.6 is 0 Å². The molecule has 1 aliphatic heterocycles. The Labute approximate surface area is 282 Å². The molecule has 6 rings (SSSR count). The first-order valence-corrected chi connectivity index (χ1v) is 18.1. The molecule has 1 amide bonds. The Morgan fingerprint density at radius 3 is 2.57 bits per heavy atom. The van der Waals surface area contributed by atoms with Crippen LogP contribution in [0.15, 0.2) is 41.1 Å². The molecular weight excluding hydrogens is 586 g/mol. The minimum absolute atomic E-state index is 0.0241. The lowest BCUT2D eigenvalue weighted by Crippen LogP contribution is -2.54. The summed E-state index contributed by atoms with van der Waals surface area (Å²) in [5.74, 6) is 5.70. The molecule has 47 heavy (non-hydrogen) atoms. The van der Waals surface area contributed by atoms with Gasteiger partial charge in [-0.05, 0) is 131 Å². The molecule has 4 aliphatic carbocycles. The van der Waals surface area contributed by atoms with Gasteiger partial charge < -0.3 is 24.9 Å². The monoisotopic (exact) mass is 643 g/mol. The smallest absolute Gasteiger partial charge is 0.260 e. The summed E-state index contributed by atoms with van der Waals surface area (Å²) in [5, 5.41) is 18.9. The van der Waals surface area contributed by atoms with Crippen molar-refractivity contribution in [2.24, 2.45) is 39.7 Å². The number of aliphatic hydroxyl groups is 1. The standard InChI is InChI=1S/C40H57N3O4/c1-8-40(45)20-17-35-33-14-11-30-23-31(15-18-37(30,4)34(33)16-19-38(35,40)5)42-47-26-36(44)41-22-21-39(24-28(3)43(6)25-27(39)2)29-9-12-32(46-7)13-10-29/h1,9-10,12-13,23,27-28,33-35,45H,11,14-22,24-26H2,2-7H3,(H,41,44). The molecule has 0 spiro atoms. The number of rotatable bonds is 8. The largest absolute Gasteiger partial charge is 0.497 e. The molecule has 7 nitrogen and oxygen atoms in total. The first-order chi connectivity index (χ1) is 22.4. The Balaban J connectivity index is 1.04. The zero-order valence-electron chi connectivity index (χ0n) is 29.6. The molecule has 0 aromatic heterocycles. The van der Waals surface area contributed by atoms with Gasteiger partial charge in [0.15, 0.2) is 6.61 Å². The number of methoxy groups -OCH3 is 1. The fraction of sp³-hybridized carbons (Fsp3) is 0.700. The average Bonchev–Trinajstić information content (AvgIpc) is 3.34. The summed E-state index contributed by atoms with van der Waals surface area (Å²) in [4.78, 5) is 21.0. The number of nitrogens with one attached hydrogen (secondary N) is 1. The van der Waals surface area contributed by atoms with Gasteiger partial charge in [-0.1, -0.05) is 49.6 Å². The quantitative estimate of drug-likeness (QED) is 0.250. The highest BCUT2D eigenvalue weighted by molar-refractivity contribution is 5.96. The zero-order valence-corrected chi connectivity index (χ0v) is 29.6. The summed E-state index contributed by atoms with van der Waals surface area (Å²) >= 11 is 0. The molecule has 1 aromatic carbocycles. The van der Waals surface area contributed by atoms with Crippen LogP contribution in [0.1, 0.15) is 97.5 Å². The number of ether oxygens (including phenoxy) is 1. The molecule has 9 unspecified atom stereocenters. The van der Waals surface area contributed by atoms with E-state index in [4.69, 9.17) is 16.0 Å². The lowest BCUT2D eigenvalue weighted by Gasteiger charge is -2.58. The van der Waals surface area contributed by atoms with Crippen molar-refractivity contribution >= 4 is 11.6 Å². The third kappa shape index (κ3) is 5.82. The molecular formula is C40H57N3O4. The van der Waals surface area contributed by atoms with Crippen LogP contribution in [0.25, 0.3) is 0 Å². The summed E-state index contributed by atoms with van der Waals surface area (Å²) in [6, 6.07) is 8.95. The molecule has 5 aliphatic rings. The number of hydrogen-bond acceptors (Lipinski definition) is 6. The van der Waals surface area contributed by atoms with Crippen LogP contribution in [-0.2, 0) is 15.0 Å². The van der Waals surface area contributed by atoms with Crippen molar-refractivity contribution in [1.29, 1.82) is 0 Å². The van der Waals surface area contributed by atoms with E-state index in [1.165, 1.54) is 11.1 Å². The Kier molecular flexibility index (Phi) is 9.35. The average molecular weight is 644 g/mol. The van der Waals surface area contributed by atoms with Crippen LogP contribution in [0.4, 0.5) is 0 Å². The maximum absolute atomic E-state index is 12.9. The molecule has 7 heteroatoms. The number of benzene rings is 1. The van der Waals surface area contributed by atoms with Crippen molar-refractivity contribution in [3.05, 3.63) is 41.5 Å². The van der Waals surface area contributed by atoms with Gasteiger partial charge in [0.05, 0.1) is 12.8 Å². The summed E-state index contributed by atoms with van der Waals surface area (Å²) in [6.45, 7) is 10.9. The number of carbonyl (C=O) groups is 1. The fourth-order valence-electron chi connectivity index (χ4n) is 11.0. The number of allylic oxidation sites excluding steroid dienone is 2. The number of oxime groups is 1. The highest BCUT2D eigenvalue weighted by atomic mass is 16.6. The SMILES string of the molecule is C#CC1(O)CCC2C3CCC4=CC(=NOCC(=O)NCCC5(c6ccc(OC)cc6)CC(C)N(C)CC5C)CCC4(C)C3CCC21C. The van der Waals surface area contributed by atoms with Crippen LogP contribution in [0, 0.1) is 46.8 Å². The lowest BCUT2D eigenvalue weighted by atomic mass is 9.46. The number of terminal acetylenes is 1. The lowest BCUT2D eigenvalue weighted by molar-refractivity contribution is -0.125. The van der Waals surface area contributed by atoms with E-state index >= 15 is 0 Å². The highest BCUT2D eigenvalue weighted by Gasteiger charge is 2.63. The van der Waals surface area contributed by atoms with Crippen LogP contribution in [0.5, 0.6) is 5.75 Å². The van der Waals surface area contributed by atoms with E-state index in [0.717, 1.165) is 82.2 Å². The van der Waals surface area contributed by atoms with Crippen LogP contribution in [0.2, 0.25) is 0 Å². The van der Waals surface area contributed by atoms with Crippen molar-refractivity contribution in [2.75, 3.05) is 33.9 Å². The predicted molar refractivity (Wildman–Crippen MR) is 187 cm³/mol. The molecule has 0 radical (unpaired) electrons. The normalized spacial score (nSPS) is 40.8. The van der Waals surface area contributed by atoms with Crippen LogP contribution < -0.4 is 10.1 Å². The number of fused-ring (bicyclic) bond motifs is 5. The molecule has 0 bridgehead atoms. The van der Waals surface area contributed by atoms with Gasteiger partial charge in [-0.25, -0.2) is 0 Å². The van der Waals surface area contributed by atoms with E-state index in [-0.39, 0.29) is 28.8 Å². The van der Waals surface area contributed by atoms with Crippen molar-refractivity contribution < 1.29 is 19.5 Å². The number of likely N-dealkylation sites (tertiary alicyclic amines) is 1. The molecule has 4 fully saturated rings. The molecule has 1 aromatic rings. The molecule has 2 N–H and O–H groups in total. The number of piperidine rings is 1. The van der Waals surface area contributed by atoms with E-state index in [1.807, 2.05) is 12.1 Å². The Morgan fingerprint density at radius 2 is 1.85 bits per heavy atom. The summed E-state index contributed by atoms with van der Waals surface area (Å²) < 4.78 is 5.42. The van der Waals surface area contributed by atoms with Gasteiger partial charge >= 0.3 is 0 Å². The molecule has 9 atom stereocenters. The van der Waals surface area contributed by atoms with Crippen LogP contribution in [-0.4, -0.2) is 67.1 Å². The zero-order chi connectivity index (χ0) is 33.6. The van der Waals surface area contributed by atoms with E-state index in [1.54, 1.807) is 7.11 Å². The number of nitrogens with zero attached hydrogens (tertiary/aromatic N) is 2. The van der Waals surface area contributed by atoms with Gasteiger partial charge in [-0.2, -0.15) is 0 Å². The first-order valence-electron chi connectivity index (χ1n) is 18.1. The maximum atomic E-state index is 12.9. The van der Waals surface area contributed by atoms with Crippen molar-refractivity contribution in [3.63, 3.8) is 0 Å². The van der Waals surface area contributed by atoms with Gasteiger partial charge in [0, 0.05) is 30.0 Å². The van der Waals surface area contributed by atoms with Crippen molar-refractivity contribution in [2.45, 2.75) is 109 Å². The van der Waals surface area contributed by atoms with E-state index < -0.39 is 5.60 Å². The predicted octanol–water partition coefficient (Wildman–Crippen LogP) is 6.50. The van der Waals surface area contributed by atoms with Gasteiger partial charge in [-0.15, -0.1) is 6.42 Å². The van der Waals surface area contributed by atoms with Gasteiger partial charge in [0.1, 0.15) is 11.4 Å². The third-order valence-corrected chi connectivity index (χ3v) is 14.2. The highest BCUT2D eigenvalue weighted by Crippen LogP contribution is 2.67. The molecule has 1 saturated heterocycles. The van der Waals surface area contributed by atoms with Crippen LogP contribution in [0.3, 0.4) is 0 Å². The van der Waals surface area contributed by atoms with E-state index in [9.17, 15) is 9.90 Å². The first kappa shape index (κ1) is 34.1. The Bertz CT molecular complexity index is 1430. The maximum Gasteiger partial charge on any atom is 0.260 e. The second-order valence-electron chi connectivity index (χ2n) is 16.2. The summed E-state index contributed by atoms with van der Waals surface area (Å²) in [7, 11) is 3.90. The number of hydrogen-bond donors (Lipinski definition) is 2. The Morgan fingerprint density at radius 1 is 1.11 bits per heavy atom. The minimum atomic E-state index is -0.961. The third-order valence-electron chi connectivity index (χ3n) is 14.2. The van der Waals surface area contributed by atoms with Gasteiger partial charge in [0.25, 0.3) is 5.91 Å². The Hall–Kier alpha value is -2.82. The van der Waals surface area contributed by atoms with Crippen molar-refractivity contribution in [1.82, 2.24) is 10.2 Å².